The lowest BCUT2D eigenvalue weighted by Gasteiger charge is -2.30. The maximum atomic E-state index is 12.3. The molecule has 0 radical (unpaired) electrons. The summed E-state index contributed by atoms with van der Waals surface area (Å²) in [6.45, 7) is 3.58. The molecule has 1 N–H and O–H groups in total. The van der Waals surface area contributed by atoms with E-state index in [0.29, 0.717) is 23.3 Å². The minimum absolute atomic E-state index is 0.102. The van der Waals surface area contributed by atoms with E-state index in [4.69, 9.17) is 16.3 Å². The number of anilines is 2. The van der Waals surface area contributed by atoms with Gasteiger partial charge in [0.25, 0.3) is 0 Å². The average molecular weight is 413 g/mol. The van der Waals surface area contributed by atoms with Crippen LogP contribution < -0.4 is 10.2 Å². The monoisotopic (exact) mass is 412 g/mol. The summed E-state index contributed by atoms with van der Waals surface area (Å²) in [7, 11) is 0. The number of carbonyl (C=O) groups excluding carboxylic acids is 1. The van der Waals surface area contributed by atoms with Crippen LogP contribution in [0.2, 0.25) is 5.02 Å². The minimum Gasteiger partial charge on any atom is -0.378 e. The molecule has 1 saturated heterocycles. The standard InChI is InChI=1S/C24H29ClN2O2/c25-21-7-9-22(10-8-21)26-24(28)17-18-1-3-19(4-2-18)20-5-11-23(12-6-20)27-13-15-29-16-14-27/h5-12,18-19H,1-4,13-17H2,(H,26,28). The minimum atomic E-state index is 0.102. The van der Waals surface area contributed by atoms with Crippen LogP contribution in [0.4, 0.5) is 11.4 Å². The fourth-order valence-electron chi connectivity index (χ4n) is 4.49. The van der Waals surface area contributed by atoms with Crippen molar-refractivity contribution >= 4 is 28.9 Å². The zero-order chi connectivity index (χ0) is 20.1. The molecule has 1 aliphatic heterocycles. The molecule has 2 aromatic rings. The summed E-state index contributed by atoms with van der Waals surface area (Å²) in [5.41, 5.74) is 3.55. The highest BCUT2D eigenvalue weighted by Crippen LogP contribution is 2.37. The fraction of sp³-hybridized carbons (Fsp3) is 0.458. The van der Waals surface area contributed by atoms with Gasteiger partial charge in [-0.3, -0.25) is 4.79 Å². The number of carbonyl (C=O) groups is 1. The smallest absolute Gasteiger partial charge is 0.224 e. The Morgan fingerprint density at radius 2 is 1.62 bits per heavy atom. The lowest BCUT2D eigenvalue weighted by Crippen LogP contribution is -2.36. The van der Waals surface area contributed by atoms with Gasteiger partial charge >= 0.3 is 0 Å². The zero-order valence-electron chi connectivity index (χ0n) is 16.8. The van der Waals surface area contributed by atoms with Crippen molar-refractivity contribution in [2.24, 2.45) is 5.92 Å². The van der Waals surface area contributed by atoms with Crippen molar-refractivity contribution in [3.63, 3.8) is 0 Å². The van der Waals surface area contributed by atoms with Crippen LogP contribution in [0.1, 0.15) is 43.6 Å². The number of nitrogens with one attached hydrogen (secondary N) is 1. The molecule has 0 atom stereocenters. The molecule has 1 aliphatic carbocycles. The van der Waals surface area contributed by atoms with Crippen LogP contribution in [0.5, 0.6) is 0 Å². The Balaban J connectivity index is 1.24. The van der Waals surface area contributed by atoms with Crippen LogP contribution in [0, 0.1) is 5.92 Å². The molecule has 1 amide bonds. The maximum absolute atomic E-state index is 12.3. The summed E-state index contributed by atoms with van der Waals surface area (Å²) < 4.78 is 5.44. The predicted octanol–water partition coefficient (Wildman–Crippen LogP) is 5.48. The Labute approximate surface area is 178 Å². The Morgan fingerprint density at radius 1 is 0.966 bits per heavy atom. The van der Waals surface area contributed by atoms with Crippen LogP contribution in [0.3, 0.4) is 0 Å². The van der Waals surface area contributed by atoms with Crippen LogP contribution >= 0.6 is 11.6 Å². The van der Waals surface area contributed by atoms with Gasteiger partial charge in [-0.25, -0.2) is 0 Å². The Bertz CT molecular complexity index is 793. The van der Waals surface area contributed by atoms with Gasteiger partial charge in [0.15, 0.2) is 0 Å². The molecule has 1 heterocycles. The highest BCUT2D eigenvalue weighted by Gasteiger charge is 2.24. The number of halogens is 1. The quantitative estimate of drug-likeness (QED) is 0.707. The van der Waals surface area contributed by atoms with Crippen LogP contribution in [0.15, 0.2) is 48.5 Å². The van der Waals surface area contributed by atoms with Gasteiger partial charge < -0.3 is 15.0 Å². The number of nitrogens with zero attached hydrogens (tertiary/aromatic N) is 1. The Hall–Kier alpha value is -2.04. The van der Waals surface area contributed by atoms with Gasteiger partial charge in [-0.2, -0.15) is 0 Å². The largest absolute Gasteiger partial charge is 0.378 e. The number of hydrogen-bond acceptors (Lipinski definition) is 3. The van der Waals surface area contributed by atoms with E-state index < -0.39 is 0 Å². The van der Waals surface area contributed by atoms with Gasteiger partial charge in [0.05, 0.1) is 13.2 Å². The molecule has 1 saturated carbocycles. The highest BCUT2D eigenvalue weighted by molar-refractivity contribution is 6.30. The van der Waals surface area contributed by atoms with Crippen molar-refractivity contribution in [2.75, 3.05) is 36.5 Å². The second kappa shape index (κ2) is 9.64. The van der Waals surface area contributed by atoms with E-state index in [9.17, 15) is 4.79 Å². The summed E-state index contributed by atoms with van der Waals surface area (Å²) >= 11 is 5.90. The van der Waals surface area contributed by atoms with Crippen molar-refractivity contribution in [1.29, 1.82) is 0 Å². The first-order valence-corrected chi connectivity index (χ1v) is 11.0. The number of rotatable bonds is 5. The van der Waals surface area contributed by atoms with Crippen molar-refractivity contribution in [3.8, 4) is 0 Å². The number of ether oxygens (including phenoxy) is 1. The molecule has 2 aliphatic rings. The van der Waals surface area contributed by atoms with E-state index in [2.05, 4.69) is 34.5 Å². The third kappa shape index (κ3) is 5.52. The number of benzene rings is 2. The molecule has 0 aromatic heterocycles. The van der Waals surface area contributed by atoms with Crippen molar-refractivity contribution in [1.82, 2.24) is 0 Å². The van der Waals surface area contributed by atoms with Crippen LogP contribution in [-0.2, 0) is 9.53 Å². The summed E-state index contributed by atoms with van der Waals surface area (Å²) in [5, 5.41) is 3.67. The summed E-state index contributed by atoms with van der Waals surface area (Å²) in [6, 6.07) is 16.4. The maximum Gasteiger partial charge on any atom is 0.224 e. The van der Waals surface area contributed by atoms with Gasteiger partial charge in [0, 0.05) is 35.9 Å². The van der Waals surface area contributed by atoms with E-state index in [-0.39, 0.29) is 5.91 Å². The second-order valence-corrected chi connectivity index (χ2v) is 8.60. The molecular formula is C24H29ClN2O2. The molecule has 2 fully saturated rings. The van der Waals surface area contributed by atoms with E-state index in [1.54, 1.807) is 12.1 Å². The Morgan fingerprint density at radius 3 is 2.28 bits per heavy atom. The normalized spacial score (nSPS) is 22.3. The molecule has 0 spiro atoms. The molecule has 0 bridgehead atoms. The topological polar surface area (TPSA) is 41.6 Å². The molecule has 2 aromatic carbocycles. The van der Waals surface area contributed by atoms with E-state index in [1.165, 1.54) is 11.3 Å². The van der Waals surface area contributed by atoms with Gasteiger partial charge in [-0.15, -0.1) is 0 Å². The molecule has 4 nitrogen and oxygen atoms in total. The van der Waals surface area contributed by atoms with Crippen LogP contribution in [0.25, 0.3) is 0 Å². The lowest BCUT2D eigenvalue weighted by molar-refractivity contribution is -0.117. The van der Waals surface area contributed by atoms with Crippen LogP contribution in [-0.4, -0.2) is 32.2 Å². The van der Waals surface area contributed by atoms with E-state index in [0.717, 1.165) is 57.7 Å². The van der Waals surface area contributed by atoms with Crippen molar-refractivity contribution in [2.45, 2.75) is 38.0 Å². The van der Waals surface area contributed by atoms with Gasteiger partial charge in [-0.05, 0) is 79.5 Å². The average Bonchev–Trinajstić information content (AvgIpc) is 2.77. The van der Waals surface area contributed by atoms with Gasteiger partial charge in [-0.1, -0.05) is 23.7 Å². The highest BCUT2D eigenvalue weighted by atomic mass is 35.5. The summed E-state index contributed by atoms with van der Waals surface area (Å²) in [6.07, 6.45) is 5.16. The number of morpholine rings is 1. The second-order valence-electron chi connectivity index (χ2n) is 8.17. The fourth-order valence-corrected chi connectivity index (χ4v) is 4.61. The third-order valence-electron chi connectivity index (χ3n) is 6.19. The summed E-state index contributed by atoms with van der Waals surface area (Å²) in [4.78, 5) is 14.7. The van der Waals surface area contributed by atoms with E-state index in [1.807, 2.05) is 12.1 Å². The SMILES string of the molecule is O=C(CC1CCC(c2ccc(N3CCOCC3)cc2)CC1)Nc1ccc(Cl)cc1. The molecular weight excluding hydrogens is 384 g/mol. The molecule has 0 unspecified atom stereocenters. The first-order valence-electron chi connectivity index (χ1n) is 10.7. The molecule has 29 heavy (non-hydrogen) atoms. The zero-order valence-corrected chi connectivity index (χ0v) is 17.5. The molecule has 5 heteroatoms. The predicted molar refractivity (Wildman–Crippen MR) is 119 cm³/mol. The van der Waals surface area contributed by atoms with E-state index >= 15 is 0 Å². The van der Waals surface area contributed by atoms with Crippen molar-refractivity contribution < 1.29 is 9.53 Å². The number of amides is 1. The first-order chi connectivity index (χ1) is 14.2. The Kier molecular flexibility index (Phi) is 6.73. The van der Waals surface area contributed by atoms with Gasteiger partial charge in [0.1, 0.15) is 0 Å². The van der Waals surface area contributed by atoms with Gasteiger partial charge in [0.2, 0.25) is 5.91 Å². The van der Waals surface area contributed by atoms with Crippen molar-refractivity contribution in [3.05, 3.63) is 59.1 Å². The first kappa shape index (κ1) is 20.2. The lowest BCUT2D eigenvalue weighted by atomic mass is 9.77. The number of hydrogen-bond donors (Lipinski definition) is 1. The molecule has 4 rings (SSSR count). The molecule has 154 valence electrons. The summed E-state index contributed by atoms with van der Waals surface area (Å²) in [5.74, 6) is 1.20. The third-order valence-corrected chi connectivity index (χ3v) is 6.44.